The normalized spacial score (nSPS) is 16.2. The Morgan fingerprint density at radius 2 is 2.17 bits per heavy atom. The van der Waals surface area contributed by atoms with Crippen molar-refractivity contribution in [1.29, 1.82) is 0 Å². The second kappa shape index (κ2) is 9.85. The fourth-order valence-electron chi connectivity index (χ4n) is 2.59. The quantitative estimate of drug-likeness (QED) is 0.313. The van der Waals surface area contributed by atoms with Gasteiger partial charge < -0.3 is 20.1 Å². The summed E-state index contributed by atoms with van der Waals surface area (Å²) in [5, 5.41) is 6.63. The van der Waals surface area contributed by atoms with Gasteiger partial charge in [0, 0.05) is 37.7 Å². The van der Waals surface area contributed by atoms with Crippen molar-refractivity contribution in [3.8, 4) is 11.5 Å². The van der Waals surface area contributed by atoms with E-state index in [1.54, 1.807) is 14.2 Å². The molecule has 2 rings (SSSR count). The zero-order valence-electron chi connectivity index (χ0n) is 14.4. The molecule has 1 atom stereocenters. The van der Waals surface area contributed by atoms with Gasteiger partial charge in [0.1, 0.15) is 17.6 Å². The second-order valence-corrected chi connectivity index (χ2v) is 5.61. The van der Waals surface area contributed by atoms with E-state index >= 15 is 0 Å². The van der Waals surface area contributed by atoms with E-state index in [1.807, 2.05) is 0 Å². The van der Waals surface area contributed by atoms with Crippen LogP contribution in [0.1, 0.15) is 37.8 Å². The van der Waals surface area contributed by atoms with Gasteiger partial charge in [-0.25, -0.2) is 0 Å². The minimum atomic E-state index is 0. The van der Waals surface area contributed by atoms with Crippen LogP contribution in [-0.4, -0.2) is 32.8 Å². The van der Waals surface area contributed by atoms with Gasteiger partial charge >= 0.3 is 0 Å². The lowest BCUT2D eigenvalue weighted by Crippen LogP contribution is -2.37. The van der Waals surface area contributed by atoms with E-state index in [0.717, 1.165) is 48.8 Å². The maximum atomic E-state index is 5.83. The molecule has 1 aliphatic heterocycles. The Kier molecular flexibility index (Phi) is 8.51. The number of guanidine groups is 1. The second-order valence-electron chi connectivity index (χ2n) is 5.61. The molecule has 5 nitrogen and oxygen atoms in total. The van der Waals surface area contributed by atoms with Gasteiger partial charge in [-0.1, -0.05) is 13.3 Å². The highest BCUT2D eigenvalue weighted by molar-refractivity contribution is 14.0. The maximum absolute atomic E-state index is 5.83. The number of aliphatic imine (C=N–C) groups is 1. The van der Waals surface area contributed by atoms with E-state index in [2.05, 4.69) is 41.6 Å². The van der Waals surface area contributed by atoms with Crippen molar-refractivity contribution in [1.82, 2.24) is 10.6 Å². The molecular weight excluding hydrogens is 405 g/mol. The first kappa shape index (κ1) is 19.9. The van der Waals surface area contributed by atoms with E-state index in [4.69, 9.17) is 9.47 Å². The van der Waals surface area contributed by atoms with Gasteiger partial charge in [0.15, 0.2) is 5.96 Å². The third kappa shape index (κ3) is 5.44. The number of benzene rings is 1. The van der Waals surface area contributed by atoms with Crippen LogP contribution in [0.3, 0.4) is 0 Å². The minimum absolute atomic E-state index is 0. The summed E-state index contributed by atoms with van der Waals surface area (Å²) in [5.41, 5.74) is 2.30. The lowest BCUT2D eigenvalue weighted by Gasteiger charge is -2.14. The molecule has 1 aromatic rings. The number of nitrogens with zero attached hydrogens (tertiary/aromatic N) is 1. The molecule has 0 saturated carbocycles. The van der Waals surface area contributed by atoms with Crippen molar-refractivity contribution >= 4 is 29.9 Å². The Bertz CT molecular complexity index is 535. The number of hydrogen-bond donors (Lipinski definition) is 2. The molecule has 0 radical (unpaired) electrons. The van der Waals surface area contributed by atoms with E-state index < -0.39 is 0 Å². The Labute approximate surface area is 156 Å². The molecule has 2 N–H and O–H groups in total. The Morgan fingerprint density at radius 3 is 2.83 bits per heavy atom. The highest BCUT2D eigenvalue weighted by Gasteiger charge is 2.21. The number of ether oxygens (including phenoxy) is 2. The molecule has 0 bridgehead atoms. The molecule has 0 spiro atoms. The molecule has 0 fully saturated rings. The number of hydrogen-bond acceptors (Lipinski definition) is 3. The fraction of sp³-hybridized carbons (Fsp3) is 0.588. The van der Waals surface area contributed by atoms with Crippen LogP contribution in [0.2, 0.25) is 0 Å². The van der Waals surface area contributed by atoms with Gasteiger partial charge in [0.25, 0.3) is 0 Å². The lowest BCUT2D eigenvalue weighted by molar-refractivity contribution is 0.254. The minimum Gasteiger partial charge on any atom is -0.496 e. The summed E-state index contributed by atoms with van der Waals surface area (Å²) < 4.78 is 11.3. The van der Waals surface area contributed by atoms with Crippen molar-refractivity contribution in [3.63, 3.8) is 0 Å². The Balaban J connectivity index is 0.00000264. The maximum Gasteiger partial charge on any atom is 0.191 e. The van der Waals surface area contributed by atoms with Crippen molar-refractivity contribution in [3.05, 3.63) is 23.3 Å². The number of fused-ring (bicyclic) bond motifs is 1. The molecule has 1 heterocycles. The third-order valence-corrected chi connectivity index (χ3v) is 3.79. The standard InChI is InChI=1S/C17H27N3O2.HI/c1-5-6-7-19-17(18-3)20-11-14-10-16-13(8-12(2)22-16)9-15(14)21-4;/h9-10,12H,5-8,11H2,1-4H3,(H2,18,19,20);1H. The number of halogens is 1. The first-order chi connectivity index (χ1) is 10.7. The molecule has 1 aliphatic rings. The monoisotopic (exact) mass is 433 g/mol. The van der Waals surface area contributed by atoms with Gasteiger partial charge in [-0.2, -0.15) is 0 Å². The lowest BCUT2D eigenvalue weighted by atomic mass is 10.1. The van der Waals surface area contributed by atoms with E-state index in [9.17, 15) is 0 Å². The zero-order chi connectivity index (χ0) is 15.9. The molecular formula is C17H28IN3O2. The first-order valence-electron chi connectivity index (χ1n) is 7.98. The highest BCUT2D eigenvalue weighted by atomic mass is 127. The molecule has 6 heteroatoms. The van der Waals surface area contributed by atoms with E-state index in [1.165, 1.54) is 5.56 Å². The summed E-state index contributed by atoms with van der Waals surface area (Å²) in [5.74, 6) is 2.68. The molecule has 130 valence electrons. The predicted octanol–water partition coefficient (Wildman–Crippen LogP) is 3.10. The molecule has 0 aromatic heterocycles. The third-order valence-electron chi connectivity index (χ3n) is 3.79. The number of methoxy groups -OCH3 is 1. The van der Waals surface area contributed by atoms with Crippen molar-refractivity contribution in [2.75, 3.05) is 20.7 Å². The largest absolute Gasteiger partial charge is 0.496 e. The van der Waals surface area contributed by atoms with Crippen LogP contribution < -0.4 is 20.1 Å². The summed E-state index contributed by atoms with van der Waals surface area (Å²) in [7, 11) is 3.49. The van der Waals surface area contributed by atoms with Crippen LogP contribution in [-0.2, 0) is 13.0 Å². The topological polar surface area (TPSA) is 54.9 Å². The summed E-state index contributed by atoms with van der Waals surface area (Å²) in [4.78, 5) is 4.24. The molecule has 0 saturated heterocycles. The SMILES string of the molecule is CCCCNC(=NC)NCc1cc2c(cc1OC)CC(C)O2.I. The van der Waals surface area contributed by atoms with Crippen LogP contribution in [0.15, 0.2) is 17.1 Å². The highest BCUT2D eigenvalue weighted by Crippen LogP contribution is 2.34. The molecule has 23 heavy (non-hydrogen) atoms. The summed E-state index contributed by atoms with van der Waals surface area (Å²) in [6.45, 7) is 5.84. The molecule has 1 unspecified atom stereocenters. The van der Waals surface area contributed by atoms with Crippen LogP contribution in [0.4, 0.5) is 0 Å². The summed E-state index contributed by atoms with van der Waals surface area (Å²) in [6.07, 6.45) is 3.48. The van der Waals surface area contributed by atoms with Crippen LogP contribution in [0.5, 0.6) is 11.5 Å². The van der Waals surface area contributed by atoms with Crippen LogP contribution >= 0.6 is 24.0 Å². The number of nitrogens with one attached hydrogen (secondary N) is 2. The molecule has 1 aromatic carbocycles. The first-order valence-corrected chi connectivity index (χ1v) is 7.98. The Hall–Kier alpha value is -1.18. The average Bonchev–Trinajstić information content (AvgIpc) is 2.88. The van der Waals surface area contributed by atoms with E-state index in [-0.39, 0.29) is 30.1 Å². The van der Waals surface area contributed by atoms with Gasteiger partial charge in [-0.3, -0.25) is 4.99 Å². The number of rotatable bonds is 6. The van der Waals surface area contributed by atoms with Crippen molar-refractivity contribution in [2.45, 2.75) is 45.8 Å². The van der Waals surface area contributed by atoms with Gasteiger partial charge in [-0.15, -0.1) is 24.0 Å². The van der Waals surface area contributed by atoms with Gasteiger partial charge in [-0.05, 0) is 25.5 Å². The van der Waals surface area contributed by atoms with Crippen molar-refractivity contribution < 1.29 is 9.47 Å². The molecule has 0 amide bonds. The van der Waals surface area contributed by atoms with Crippen LogP contribution in [0.25, 0.3) is 0 Å². The zero-order valence-corrected chi connectivity index (χ0v) is 16.8. The number of unbranched alkanes of at least 4 members (excludes halogenated alkanes) is 1. The predicted molar refractivity (Wildman–Crippen MR) is 105 cm³/mol. The molecule has 0 aliphatic carbocycles. The van der Waals surface area contributed by atoms with Gasteiger partial charge in [0.2, 0.25) is 0 Å². The Morgan fingerprint density at radius 1 is 1.39 bits per heavy atom. The summed E-state index contributed by atoms with van der Waals surface area (Å²) in [6, 6.07) is 4.16. The summed E-state index contributed by atoms with van der Waals surface area (Å²) >= 11 is 0. The smallest absolute Gasteiger partial charge is 0.191 e. The van der Waals surface area contributed by atoms with Crippen molar-refractivity contribution in [2.24, 2.45) is 4.99 Å². The fourth-order valence-corrected chi connectivity index (χ4v) is 2.59. The van der Waals surface area contributed by atoms with Crippen LogP contribution in [0, 0.1) is 0 Å². The van der Waals surface area contributed by atoms with Gasteiger partial charge in [0.05, 0.1) is 7.11 Å². The van der Waals surface area contributed by atoms with E-state index in [0.29, 0.717) is 6.54 Å². The average molecular weight is 433 g/mol.